The third-order valence-corrected chi connectivity index (χ3v) is 5.09. The van der Waals surface area contributed by atoms with Crippen LogP contribution in [0.2, 0.25) is 0 Å². The predicted molar refractivity (Wildman–Crippen MR) is 138 cm³/mol. The van der Waals surface area contributed by atoms with Crippen molar-refractivity contribution in [2.24, 2.45) is 4.99 Å². The number of hydrogen-bond acceptors (Lipinski definition) is 5. The molecule has 174 valence electrons. The maximum absolute atomic E-state index is 5.46. The number of guanidine groups is 1. The van der Waals surface area contributed by atoms with Crippen molar-refractivity contribution in [3.63, 3.8) is 0 Å². The number of nitrogens with zero attached hydrogens (tertiary/aromatic N) is 3. The number of aliphatic imine (C=N–C) groups is 1. The van der Waals surface area contributed by atoms with Gasteiger partial charge in [-0.1, -0.05) is 6.07 Å². The fourth-order valence-electron chi connectivity index (χ4n) is 3.49. The second-order valence-electron chi connectivity index (χ2n) is 7.90. The number of hydrogen-bond donors (Lipinski definition) is 2. The van der Waals surface area contributed by atoms with E-state index in [9.17, 15) is 0 Å². The van der Waals surface area contributed by atoms with Crippen LogP contribution in [0.15, 0.2) is 23.2 Å². The summed E-state index contributed by atoms with van der Waals surface area (Å²) in [5.74, 6) is 2.28. The van der Waals surface area contributed by atoms with Crippen LogP contribution >= 0.6 is 24.0 Å². The van der Waals surface area contributed by atoms with Crippen LogP contribution in [0.4, 0.5) is 0 Å². The zero-order valence-corrected chi connectivity index (χ0v) is 22.5. The van der Waals surface area contributed by atoms with E-state index in [-0.39, 0.29) is 30.0 Å². The number of benzene rings is 1. The lowest BCUT2D eigenvalue weighted by Crippen LogP contribution is -2.46. The fourth-order valence-corrected chi connectivity index (χ4v) is 3.49. The maximum Gasteiger partial charge on any atom is 0.191 e. The maximum atomic E-state index is 5.46. The van der Waals surface area contributed by atoms with Crippen LogP contribution < -0.4 is 20.1 Å². The summed E-state index contributed by atoms with van der Waals surface area (Å²) >= 11 is 0. The van der Waals surface area contributed by atoms with Gasteiger partial charge in [-0.25, -0.2) is 0 Å². The molecule has 1 atom stereocenters. The van der Waals surface area contributed by atoms with Crippen molar-refractivity contribution in [3.8, 4) is 11.5 Å². The van der Waals surface area contributed by atoms with Gasteiger partial charge in [-0.15, -0.1) is 24.0 Å². The topological polar surface area (TPSA) is 61.4 Å². The SMILES string of the molecule is CN=C(NCCN(C(C)C)C(C)C)NCC(c1ccc(OC)c(OC)c1)N(C)C.I. The van der Waals surface area contributed by atoms with Crippen LogP contribution in [0.1, 0.15) is 39.3 Å². The minimum Gasteiger partial charge on any atom is -0.493 e. The highest BCUT2D eigenvalue weighted by molar-refractivity contribution is 14.0. The van der Waals surface area contributed by atoms with Crippen LogP contribution in [-0.4, -0.2) is 82.8 Å². The van der Waals surface area contributed by atoms with Gasteiger partial charge in [-0.05, 0) is 59.5 Å². The molecule has 30 heavy (non-hydrogen) atoms. The van der Waals surface area contributed by atoms with Crippen LogP contribution in [-0.2, 0) is 0 Å². The average Bonchev–Trinajstić information content (AvgIpc) is 2.68. The molecule has 0 fully saturated rings. The Bertz CT molecular complexity index is 630. The summed E-state index contributed by atoms with van der Waals surface area (Å²) in [7, 11) is 9.26. The Labute approximate surface area is 200 Å². The van der Waals surface area contributed by atoms with E-state index in [0.717, 1.165) is 42.7 Å². The van der Waals surface area contributed by atoms with E-state index in [1.54, 1.807) is 21.3 Å². The van der Waals surface area contributed by atoms with Gasteiger partial charge in [0.2, 0.25) is 0 Å². The van der Waals surface area contributed by atoms with E-state index in [2.05, 4.69) is 73.3 Å². The standard InChI is InChI=1S/C22H41N5O2.HI/c1-16(2)27(17(3)4)13-12-24-22(23-5)25-15-19(26(6)7)18-10-11-20(28-8)21(14-18)29-9;/h10-11,14,16-17,19H,12-13,15H2,1-9H3,(H2,23,24,25);1H. The molecule has 0 saturated heterocycles. The molecule has 1 aromatic rings. The summed E-state index contributed by atoms with van der Waals surface area (Å²) in [4.78, 5) is 9.02. The molecule has 0 saturated carbocycles. The number of halogens is 1. The molecule has 1 unspecified atom stereocenters. The van der Waals surface area contributed by atoms with Crippen molar-refractivity contribution in [2.75, 3.05) is 55.0 Å². The average molecular weight is 536 g/mol. The quantitative estimate of drug-likeness (QED) is 0.258. The summed E-state index contributed by atoms with van der Waals surface area (Å²) in [6.45, 7) is 11.5. The first-order valence-corrected chi connectivity index (χ1v) is 10.3. The minimum absolute atomic E-state index is 0. The monoisotopic (exact) mass is 535 g/mol. The molecule has 2 N–H and O–H groups in total. The number of methoxy groups -OCH3 is 2. The lowest BCUT2D eigenvalue weighted by molar-refractivity contribution is 0.178. The molecule has 1 rings (SSSR count). The van der Waals surface area contributed by atoms with E-state index in [1.165, 1.54) is 0 Å². The van der Waals surface area contributed by atoms with Crippen molar-refractivity contribution < 1.29 is 9.47 Å². The molecule has 0 aromatic heterocycles. The Morgan fingerprint density at radius 1 is 1.00 bits per heavy atom. The van der Waals surface area contributed by atoms with E-state index >= 15 is 0 Å². The molecule has 0 bridgehead atoms. The Kier molecular flexibility index (Phi) is 14.1. The first-order chi connectivity index (χ1) is 13.7. The van der Waals surface area contributed by atoms with E-state index < -0.39 is 0 Å². The molecule has 8 heteroatoms. The van der Waals surface area contributed by atoms with E-state index in [4.69, 9.17) is 9.47 Å². The van der Waals surface area contributed by atoms with Gasteiger partial charge in [-0.3, -0.25) is 9.89 Å². The Morgan fingerprint density at radius 3 is 2.07 bits per heavy atom. The molecule has 0 spiro atoms. The van der Waals surface area contributed by atoms with Crippen LogP contribution in [0, 0.1) is 0 Å². The first-order valence-electron chi connectivity index (χ1n) is 10.3. The normalized spacial score (nSPS) is 12.9. The first kappa shape index (κ1) is 28.7. The van der Waals surface area contributed by atoms with E-state index in [1.807, 2.05) is 12.1 Å². The zero-order chi connectivity index (χ0) is 22.0. The summed E-state index contributed by atoms with van der Waals surface area (Å²) in [5, 5.41) is 6.88. The summed E-state index contributed by atoms with van der Waals surface area (Å²) in [6.07, 6.45) is 0. The summed E-state index contributed by atoms with van der Waals surface area (Å²) < 4.78 is 10.8. The Hall–Kier alpha value is -1.26. The second-order valence-corrected chi connectivity index (χ2v) is 7.90. The Morgan fingerprint density at radius 2 is 1.60 bits per heavy atom. The van der Waals surface area contributed by atoms with Crippen molar-refractivity contribution in [3.05, 3.63) is 23.8 Å². The van der Waals surface area contributed by atoms with Crippen molar-refractivity contribution in [1.29, 1.82) is 0 Å². The molecule has 0 aliphatic carbocycles. The Balaban J connectivity index is 0.00000841. The minimum atomic E-state index is 0. The number of rotatable bonds is 11. The molecular weight excluding hydrogens is 493 g/mol. The van der Waals surface area contributed by atoms with Crippen molar-refractivity contribution >= 4 is 29.9 Å². The highest BCUT2D eigenvalue weighted by atomic mass is 127. The largest absolute Gasteiger partial charge is 0.493 e. The molecule has 0 aliphatic rings. The lowest BCUT2D eigenvalue weighted by Gasteiger charge is -2.31. The third-order valence-electron chi connectivity index (χ3n) is 5.09. The third kappa shape index (κ3) is 8.85. The van der Waals surface area contributed by atoms with Gasteiger partial charge in [0.1, 0.15) is 0 Å². The van der Waals surface area contributed by atoms with Crippen molar-refractivity contribution in [1.82, 2.24) is 20.4 Å². The van der Waals surface area contributed by atoms with Crippen molar-refractivity contribution in [2.45, 2.75) is 45.8 Å². The molecule has 1 aromatic carbocycles. The molecule has 0 aliphatic heterocycles. The van der Waals surface area contributed by atoms with Gasteiger partial charge >= 0.3 is 0 Å². The predicted octanol–water partition coefficient (Wildman–Crippen LogP) is 3.21. The molecule has 0 amide bonds. The molecule has 7 nitrogen and oxygen atoms in total. The smallest absolute Gasteiger partial charge is 0.191 e. The van der Waals surface area contributed by atoms with Crippen LogP contribution in [0.3, 0.4) is 0 Å². The van der Waals surface area contributed by atoms with Gasteiger partial charge < -0.3 is 25.0 Å². The highest BCUT2D eigenvalue weighted by Crippen LogP contribution is 2.31. The summed E-state index contributed by atoms with van der Waals surface area (Å²) in [6, 6.07) is 7.27. The van der Waals surface area contributed by atoms with Gasteiger partial charge in [0.25, 0.3) is 0 Å². The van der Waals surface area contributed by atoms with Gasteiger partial charge in [0.05, 0.1) is 20.3 Å². The number of ether oxygens (including phenoxy) is 2. The molecule has 0 heterocycles. The van der Waals surface area contributed by atoms with E-state index in [0.29, 0.717) is 12.1 Å². The van der Waals surface area contributed by atoms with Crippen LogP contribution in [0.25, 0.3) is 0 Å². The second kappa shape index (κ2) is 14.7. The highest BCUT2D eigenvalue weighted by Gasteiger charge is 2.18. The molecule has 0 radical (unpaired) electrons. The molecular formula is C22H42IN5O2. The van der Waals surface area contributed by atoms with Gasteiger partial charge in [0.15, 0.2) is 17.5 Å². The van der Waals surface area contributed by atoms with Gasteiger partial charge in [-0.2, -0.15) is 0 Å². The van der Waals surface area contributed by atoms with Crippen LogP contribution in [0.5, 0.6) is 11.5 Å². The lowest BCUT2D eigenvalue weighted by atomic mass is 10.1. The fraction of sp³-hybridized carbons (Fsp3) is 0.682. The number of nitrogens with one attached hydrogen (secondary N) is 2. The van der Waals surface area contributed by atoms with Gasteiger partial charge in [0, 0.05) is 38.8 Å². The number of likely N-dealkylation sites (N-methyl/N-ethyl adjacent to an activating group) is 1. The summed E-state index contributed by atoms with van der Waals surface area (Å²) in [5.41, 5.74) is 1.15. The zero-order valence-electron chi connectivity index (χ0n) is 20.2.